The van der Waals surface area contributed by atoms with Crippen molar-refractivity contribution in [1.82, 2.24) is 5.32 Å². The lowest BCUT2D eigenvalue weighted by Crippen LogP contribution is -2.49. The van der Waals surface area contributed by atoms with Crippen molar-refractivity contribution in [2.75, 3.05) is 13.2 Å². The topological polar surface area (TPSA) is 64.4 Å². The van der Waals surface area contributed by atoms with Gasteiger partial charge in [-0.1, -0.05) is 29.3 Å². The molecule has 0 bridgehead atoms. The van der Waals surface area contributed by atoms with Gasteiger partial charge in [0.15, 0.2) is 0 Å². The van der Waals surface area contributed by atoms with E-state index in [1.807, 2.05) is 13.0 Å². The molecule has 0 spiro atoms. The number of nitrogens with one attached hydrogen (secondary N) is 1. The van der Waals surface area contributed by atoms with Crippen molar-refractivity contribution < 1.29 is 9.53 Å². The van der Waals surface area contributed by atoms with Crippen molar-refractivity contribution >= 4 is 41.5 Å². The zero-order valence-electron chi connectivity index (χ0n) is 13.1. The van der Waals surface area contributed by atoms with Crippen LogP contribution in [0.5, 0.6) is 0 Å². The highest BCUT2D eigenvalue weighted by atomic mass is 35.5. The Morgan fingerprint density at radius 2 is 2.04 bits per heavy atom. The van der Waals surface area contributed by atoms with E-state index in [9.17, 15) is 4.79 Å². The molecule has 1 aliphatic rings. The fourth-order valence-electron chi connectivity index (χ4n) is 2.70. The Bertz CT molecular complexity index is 522. The molecule has 1 fully saturated rings. The lowest BCUT2D eigenvalue weighted by atomic mass is 9.91. The van der Waals surface area contributed by atoms with Crippen LogP contribution in [0.3, 0.4) is 0 Å². The first-order chi connectivity index (χ1) is 10.5. The van der Waals surface area contributed by atoms with Gasteiger partial charge in [-0.25, -0.2) is 0 Å². The summed E-state index contributed by atoms with van der Waals surface area (Å²) in [6, 6.07) is 4.86. The Hall–Kier alpha value is -0.520. The fourth-order valence-corrected chi connectivity index (χ4v) is 3.18. The molecule has 3 N–H and O–H groups in total. The number of carbonyl (C=O) groups excluding carboxylic acids is 1. The van der Waals surface area contributed by atoms with Gasteiger partial charge >= 0.3 is 0 Å². The quantitative estimate of drug-likeness (QED) is 0.823. The highest BCUT2D eigenvalue weighted by Crippen LogP contribution is 2.22. The second-order valence-corrected chi connectivity index (χ2v) is 6.67. The first kappa shape index (κ1) is 20.5. The van der Waals surface area contributed by atoms with E-state index in [1.165, 1.54) is 0 Å². The lowest BCUT2D eigenvalue weighted by molar-refractivity contribution is -0.124. The van der Waals surface area contributed by atoms with E-state index in [0.29, 0.717) is 29.7 Å². The number of benzene rings is 1. The van der Waals surface area contributed by atoms with Crippen LogP contribution in [-0.4, -0.2) is 31.2 Å². The van der Waals surface area contributed by atoms with Gasteiger partial charge in [0.05, 0.1) is 6.04 Å². The Balaban J connectivity index is 0.00000264. The molecule has 23 heavy (non-hydrogen) atoms. The summed E-state index contributed by atoms with van der Waals surface area (Å²) in [4.78, 5) is 12.3. The minimum absolute atomic E-state index is 0. The Morgan fingerprint density at radius 1 is 1.39 bits per heavy atom. The molecule has 2 atom stereocenters. The third-order valence-corrected chi connectivity index (χ3v) is 4.59. The van der Waals surface area contributed by atoms with Crippen molar-refractivity contribution in [3.8, 4) is 0 Å². The Morgan fingerprint density at radius 3 is 2.65 bits per heavy atom. The number of hydrogen-bond donors (Lipinski definition) is 2. The second-order valence-electron chi connectivity index (χ2n) is 5.83. The largest absolute Gasteiger partial charge is 0.381 e. The molecule has 1 aromatic rings. The summed E-state index contributed by atoms with van der Waals surface area (Å²) in [5.41, 5.74) is 7.03. The molecule has 4 nitrogen and oxygen atoms in total. The van der Waals surface area contributed by atoms with Gasteiger partial charge in [-0.15, -0.1) is 12.4 Å². The number of hydrogen-bond acceptors (Lipinski definition) is 3. The Labute approximate surface area is 153 Å². The molecule has 1 aromatic carbocycles. The molecule has 2 unspecified atom stereocenters. The van der Waals surface area contributed by atoms with E-state index in [4.69, 9.17) is 33.7 Å². The number of rotatable bonds is 5. The monoisotopic (exact) mass is 380 g/mol. The third-order valence-electron chi connectivity index (χ3n) is 4.01. The molecule has 1 saturated heterocycles. The minimum atomic E-state index is -0.480. The SMILES string of the molecule is CC(Cc1ccc(Cl)cc1Cl)NC(=O)C(N)C1CCOCC1.Cl. The maximum atomic E-state index is 12.3. The fraction of sp³-hybridized carbons (Fsp3) is 0.562. The van der Waals surface area contributed by atoms with Crippen LogP contribution in [0, 0.1) is 5.92 Å². The van der Waals surface area contributed by atoms with E-state index in [0.717, 1.165) is 18.4 Å². The summed E-state index contributed by atoms with van der Waals surface area (Å²) in [5, 5.41) is 4.19. The first-order valence-electron chi connectivity index (χ1n) is 7.55. The molecule has 130 valence electrons. The standard InChI is InChI=1S/C16H22Cl2N2O2.ClH/c1-10(8-12-2-3-13(17)9-14(12)18)20-16(21)15(19)11-4-6-22-7-5-11;/h2-3,9-11,15H,4-8,19H2,1H3,(H,20,21);1H. The third kappa shape index (κ3) is 6.12. The van der Waals surface area contributed by atoms with Crippen molar-refractivity contribution in [1.29, 1.82) is 0 Å². The normalized spacial score (nSPS) is 17.9. The van der Waals surface area contributed by atoms with E-state index in [2.05, 4.69) is 5.32 Å². The zero-order chi connectivity index (χ0) is 16.1. The van der Waals surface area contributed by atoms with E-state index in [1.54, 1.807) is 12.1 Å². The second kappa shape index (κ2) is 9.70. The predicted octanol–water partition coefficient (Wildman–Crippen LogP) is 3.22. The molecule has 0 aromatic heterocycles. The number of carbonyl (C=O) groups is 1. The van der Waals surface area contributed by atoms with Gasteiger partial charge < -0.3 is 15.8 Å². The molecule has 0 saturated carbocycles. The van der Waals surface area contributed by atoms with Gasteiger partial charge in [-0.05, 0) is 49.8 Å². The van der Waals surface area contributed by atoms with Crippen LogP contribution in [0.1, 0.15) is 25.3 Å². The minimum Gasteiger partial charge on any atom is -0.381 e. The van der Waals surface area contributed by atoms with E-state index < -0.39 is 6.04 Å². The number of ether oxygens (including phenoxy) is 1. The number of halogens is 3. The molecular weight excluding hydrogens is 359 g/mol. The van der Waals surface area contributed by atoms with Crippen molar-refractivity contribution in [3.63, 3.8) is 0 Å². The van der Waals surface area contributed by atoms with Crippen LogP contribution in [0.25, 0.3) is 0 Å². The van der Waals surface area contributed by atoms with Crippen LogP contribution < -0.4 is 11.1 Å². The van der Waals surface area contributed by atoms with E-state index in [-0.39, 0.29) is 30.3 Å². The summed E-state index contributed by atoms with van der Waals surface area (Å²) >= 11 is 12.0. The number of nitrogens with two attached hydrogens (primary N) is 1. The summed E-state index contributed by atoms with van der Waals surface area (Å²) in [5.74, 6) is 0.0876. The lowest BCUT2D eigenvalue weighted by Gasteiger charge is -2.28. The summed E-state index contributed by atoms with van der Waals surface area (Å²) in [6.45, 7) is 3.31. The van der Waals surface area contributed by atoms with Crippen molar-refractivity contribution in [2.24, 2.45) is 11.7 Å². The van der Waals surface area contributed by atoms with Crippen LogP contribution in [0.2, 0.25) is 10.0 Å². The van der Waals surface area contributed by atoms with Gasteiger partial charge in [0.1, 0.15) is 0 Å². The molecule has 0 aliphatic carbocycles. The molecule has 7 heteroatoms. The van der Waals surface area contributed by atoms with Gasteiger partial charge in [0.2, 0.25) is 5.91 Å². The molecular formula is C16H23Cl3N2O2. The van der Waals surface area contributed by atoms with Crippen molar-refractivity contribution in [2.45, 2.75) is 38.3 Å². The smallest absolute Gasteiger partial charge is 0.237 e. The van der Waals surface area contributed by atoms with Crippen molar-refractivity contribution in [3.05, 3.63) is 33.8 Å². The van der Waals surface area contributed by atoms with E-state index >= 15 is 0 Å². The maximum Gasteiger partial charge on any atom is 0.237 e. The van der Waals surface area contributed by atoms with Crippen LogP contribution in [-0.2, 0) is 16.0 Å². The zero-order valence-corrected chi connectivity index (χ0v) is 15.4. The first-order valence-corrected chi connectivity index (χ1v) is 8.30. The van der Waals surface area contributed by atoms with Gasteiger partial charge in [0, 0.05) is 29.3 Å². The summed E-state index contributed by atoms with van der Waals surface area (Å²) in [7, 11) is 0. The number of amides is 1. The maximum absolute atomic E-state index is 12.3. The highest BCUT2D eigenvalue weighted by molar-refractivity contribution is 6.35. The van der Waals surface area contributed by atoms with Gasteiger partial charge in [0.25, 0.3) is 0 Å². The average Bonchev–Trinajstić information content (AvgIpc) is 2.50. The molecule has 1 heterocycles. The van der Waals surface area contributed by atoms with Crippen LogP contribution in [0.15, 0.2) is 18.2 Å². The van der Waals surface area contributed by atoms with Gasteiger partial charge in [-0.2, -0.15) is 0 Å². The highest BCUT2D eigenvalue weighted by Gasteiger charge is 2.27. The Kier molecular flexibility index (Phi) is 8.65. The van der Waals surface area contributed by atoms with Gasteiger partial charge in [-0.3, -0.25) is 4.79 Å². The van der Waals surface area contributed by atoms with Crippen LogP contribution in [0.4, 0.5) is 0 Å². The average molecular weight is 382 g/mol. The predicted molar refractivity (Wildman–Crippen MR) is 96.5 cm³/mol. The van der Waals surface area contributed by atoms with Crippen LogP contribution >= 0.6 is 35.6 Å². The molecule has 0 radical (unpaired) electrons. The summed E-state index contributed by atoms with van der Waals surface area (Å²) < 4.78 is 5.30. The molecule has 1 amide bonds. The molecule has 1 aliphatic heterocycles. The summed E-state index contributed by atoms with van der Waals surface area (Å²) in [6.07, 6.45) is 2.32. The molecule has 2 rings (SSSR count).